The highest BCUT2D eigenvalue weighted by atomic mass is 16.5. The number of hydrogen-bond donors (Lipinski definition) is 0. The lowest BCUT2D eigenvalue weighted by Crippen LogP contribution is -2.32. The van der Waals surface area contributed by atoms with E-state index in [1.165, 1.54) is 7.11 Å². The molecule has 0 aromatic rings. The van der Waals surface area contributed by atoms with Crippen molar-refractivity contribution in [1.82, 2.24) is 0 Å². The number of rotatable bonds is 5. The minimum Gasteiger partial charge on any atom is -0.497 e. The number of esters is 2. The van der Waals surface area contributed by atoms with E-state index in [1.54, 1.807) is 18.2 Å². The van der Waals surface area contributed by atoms with Gasteiger partial charge < -0.3 is 14.2 Å². The number of methoxy groups -OCH3 is 1. The fourth-order valence-electron chi connectivity index (χ4n) is 3.17. The summed E-state index contributed by atoms with van der Waals surface area (Å²) in [5.41, 5.74) is 0.236. The monoisotopic (exact) mass is 360 g/mol. The van der Waals surface area contributed by atoms with Crippen LogP contribution < -0.4 is 0 Å². The Bertz CT molecular complexity index is 728. The van der Waals surface area contributed by atoms with Gasteiger partial charge in [-0.05, 0) is 18.6 Å². The molecule has 3 aliphatic rings. The van der Waals surface area contributed by atoms with Gasteiger partial charge >= 0.3 is 11.9 Å². The average molecular weight is 360 g/mol. The SMILES string of the molecule is COC1=CC2OC(=O)C(CC(=O)OCC3CCC(=O)CC3=O)=CC2C=C1. The fourth-order valence-corrected chi connectivity index (χ4v) is 3.17. The van der Waals surface area contributed by atoms with Gasteiger partial charge in [-0.15, -0.1) is 0 Å². The number of hydrogen-bond acceptors (Lipinski definition) is 7. The van der Waals surface area contributed by atoms with E-state index in [-0.39, 0.29) is 42.5 Å². The van der Waals surface area contributed by atoms with Crippen LogP contribution in [0.15, 0.2) is 35.6 Å². The number of fused-ring (bicyclic) bond motifs is 1. The van der Waals surface area contributed by atoms with Crippen LogP contribution >= 0.6 is 0 Å². The van der Waals surface area contributed by atoms with Gasteiger partial charge in [0.2, 0.25) is 0 Å². The van der Waals surface area contributed by atoms with E-state index in [4.69, 9.17) is 14.2 Å². The molecule has 0 bridgehead atoms. The van der Waals surface area contributed by atoms with Gasteiger partial charge in [-0.3, -0.25) is 14.4 Å². The average Bonchev–Trinajstić information content (AvgIpc) is 2.61. The Hall–Kier alpha value is -2.70. The molecule has 3 unspecified atom stereocenters. The van der Waals surface area contributed by atoms with Crippen molar-refractivity contribution in [1.29, 1.82) is 0 Å². The highest BCUT2D eigenvalue weighted by molar-refractivity contribution is 6.02. The molecule has 0 amide bonds. The zero-order chi connectivity index (χ0) is 18.7. The summed E-state index contributed by atoms with van der Waals surface area (Å²) in [6, 6.07) is 0. The van der Waals surface area contributed by atoms with Crippen LogP contribution in [0.3, 0.4) is 0 Å². The molecule has 1 saturated carbocycles. The van der Waals surface area contributed by atoms with E-state index in [9.17, 15) is 19.2 Å². The molecule has 0 N–H and O–H groups in total. The molecular weight excluding hydrogens is 340 g/mol. The van der Waals surface area contributed by atoms with Crippen LogP contribution in [0, 0.1) is 11.8 Å². The van der Waals surface area contributed by atoms with Gasteiger partial charge in [-0.2, -0.15) is 0 Å². The molecule has 1 aliphatic heterocycles. The summed E-state index contributed by atoms with van der Waals surface area (Å²) in [7, 11) is 1.53. The van der Waals surface area contributed by atoms with Crippen molar-refractivity contribution in [3.05, 3.63) is 35.6 Å². The molecule has 0 aromatic heterocycles. The number of ether oxygens (including phenoxy) is 3. The summed E-state index contributed by atoms with van der Waals surface area (Å²) >= 11 is 0. The second-order valence-corrected chi connectivity index (χ2v) is 6.55. The van der Waals surface area contributed by atoms with Gasteiger partial charge in [0.25, 0.3) is 0 Å². The zero-order valence-corrected chi connectivity index (χ0v) is 14.4. The van der Waals surface area contributed by atoms with Crippen LogP contribution in [0.4, 0.5) is 0 Å². The largest absolute Gasteiger partial charge is 0.497 e. The normalized spacial score (nSPS) is 27.9. The Morgan fingerprint density at radius 2 is 2.08 bits per heavy atom. The minimum absolute atomic E-state index is 0.0564. The minimum atomic E-state index is -0.593. The highest BCUT2D eigenvalue weighted by Gasteiger charge is 2.32. The van der Waals surface area contributed by atoms with Gasteiger partial charge in [-0.1, -0.05) is 12.2 Å². The van der Waals surface area contributed by atoms with Crippen LogP contribution in [0.2, 0.25) is 0 Å². The van der Waals surface area contributed by atoms with Crippen molar-refractivity contribution in [3.8, 4) is 0 Å². The maximum Gasteiger partial charge on any atom is 0.334 e. The first-order valence-electron chi connectivity index (χ1n) is 8.52. The van der Waals surface area contributed by atoms with Crippen LogP contribution in [0.1, 0.15) is 25.7 Å². The van der Waals surface area contributed by atoms with E-state index < -0.39 is 24.0 Å². The number of carbonyl (C=O) groups excluding carboxylic acids is 4. The Labute approximate surface area is 150 Å². The standard InChI is InChI=1S/C19H20O7/c1-24-15-5-3-11-6-13(19(23)26-17(11)9-15)7-18(22)25-10-12-2-4-14(20)8-16(12)21/h3,5-6,9,11-12,17H,2,4,7-8,10H2,1H3. The molecule has 2 aliphatic carbocycles. The first-order valence-corrected chi connectivity index (χ1v) is 8.52. The molecule has 7 nitrogen and oxygen atoms in total. The molecule has 0 spiro atoms. The lowest BCUT2D eigenvalue weighted by molar-refractivity contribution is -0.151. The number of ketones is 2. The molecule has 1 fully saturated rings. The third-order valence-corrected chi connectivity index (χ3v) is 4.70. The van der Waals surface area contributed by atoms with E-state index in [2.05, 4.69) is 0 Å². The van der Waals surface area contributed by atoms with E-state index in [0.29, 0.717) is 18.6 Å². The zero-order valence-electron chi connectivity index (χ0n) is 14.4. The molecule has 26 heavy (non-hydrogen) atoms. The van der Waals surface area contributed by atoms with E-state index in [0.717, 1.165) is 0 Å². The Kier molecular flexibility index (Phi) is 5.35. The maximum atomic E-state index is 12.1. The summed E-state index contributed by atoms with van der Waals surface area (Å²) in [5, 5.41) is 0. The molecule has 0 aromatic carbocycles. The van der Waals surface area contributed by atoms with E-state index in [1.807, 2.05) is 6.08 Å². The highest BCUT2D eigenvalue weighted by Crippen LogP contribution is 2.29. The first kappa shape index (κ1) is 18.1. The van der Waals surface area contributed by atoms with Crippen molar-refractivity contribution < 1.29 is 33.4 Å². The van der Waals surface area contributed by atoms with Gasteiger partial charge in [0.15, 0.2) is 0 Å². The number of allylic oxidation sites excluding steroid dienone is 1. The smallest absolute Gasteiger partial charge is 0.334 e. The molecule has 1 heterocycles. The number of Topliss-reactive ketones (excluding diaryl/α,β-unsaturated/α-hetero) is 2. The molecule has 138 valence electrons. The molecule has 3 rings (SSSR count). The van der Waals surface area contributed by atoms with Crippen molar-refractivity contribution in [2.24, 2.45) is 11.8 Å². The van der Waals surface area contributed by atoms with Crippen LogP contribution in [-0.4, -0.2) is 43.3 Å². The van der Waals surface area contributed by atoms with E-state index >= 15 is 0 Å². The first-order chi connectivity index (χ1) is 12.5. The van der Waals surface area contributed by atoms with Crippen molar-refractivity contribution in [2.45, 2.75) is 31.8 Å². The van der Waals surface area contributed by atoms with Crippen LogP contribution in [0.5, 0.6) is 0 Å². The molecule has 0 radical (unpaired) electrons. The Morgan fingerprint density at radius 1 is 1.27 bits per heavy atom. The lowest BCUT2D eigenvalue weighted by Gasteiger charge is -2.28. The predicted octanol–water partition coefficient (Wildman–Crippen LogP) is 1.43. The van der Waals surface area contributed by atoms with Gasteiger partial charge in [0.1, 0.15) is 30.0 Å². The third-order valence-electron chi connectivity index (χ3n) is 4.70. The molecular formula is C19H20O7. The second kappa shape index (κ2) is 7.68. The van der Waals surface area contributed by atoms with Gasteiger partial charge in [-0.25, -0.2) is 4.79 Å². The van der Waals surface area contributed by atoms with Crippen LogP contribution in [-0.2, 0) is 33.4 Å². The third kappa shape index (κ3) is 4.09. The maximum absolute atomic E-state index is 12.1. The topological polar surface area (TPSA) is 96.0 Å². The predicted molar refractivity (Wildman–Crippen MR) is 88.6 cm³/mol. The quantitative estimate of drug-likeness (QED) is 0.540. The van der Waals surface area contributed by atoms with Crippen LogP contribution in [0.25, 0.3) is 0 Å². The van der Waals surface area contributed by atoms with Crippen molar-refractivity contribution >= 4 is 23.5 Å². The number of carbonyl (C=O) groups is 4. The second-order valence-electron chi connectivity index (χ2n) is 6.55. The fraction of sp³-hybridized carbons (Fsp3) is 0.474. The lowest BCUT2D eigenvalue weighted by atomic mass is 9.88. The summed E-state index contributed by atoms with van der Waals surface area (Å²) in [5.74, 6) is -1.40. The van der Waals surface area contributed by atoms with Gasteiger partial charge in [0, 0.05) is 17.9 Å². The molecule has 0 saturated heterocycles. The van der Waals surface area contributed by atoms with Gasteiger partial charge in [0.05, 0.1) is 25.9 Å². The molecule has 3 atom stereocenters. The summed E-state index contributed by atoms with van der Waals surface area (Å²) < 4.78 is 15.6. The van der Waals surface area contributed by atoms with Crippen molar-refractivity contribution in [3.63, 3.8) is 0 Å². The summed E-state index contributed by atoms with van der Waals surface area (Å²) in [4.78, 5) is 47.1. The summed E-state index contributed by atoms with van der Waals surface area (Å²) in [6.45, 7) is -0.0564. The Morgan fingerprint density at radius 3 is 2.81 bits per heavy atom. The Balaban J connectivity index is 1.54. The van der Waals surface area contributed by atoms with Crippen molar-refractivity contribution in [2.75, 3.05) is 13.7 Å². The molecule has 7 heteroatoms. The summed E-state index contributed by atoms with van der Waals surface area (Å²) in [6.07, 6.45) is 7.02.